The average Bonchev–Trinajstić information content (AvgIpc) is 3.22. The van der Waals surface area contributed by atoms with E-state index in [1.807, 2.05) is 0 Å². The molecule has 0 aliphatic carbocycles. The van der Waals surface area contributed by atoms with Gasteiger partial charge in [-0.25, -0.2) is 0 Å². The van der Waals surface area contributed by atoms with Gasteiger partial charge in [-0.15, -0.1) is 0 Å². The molecule has 1 saturated heterocycles. The van der Waals surface area contributed by atoms with Crippen LogP contribution in [0.5, 0.6) is 5.75 Å². The van der Waals surface area contributed by atoms with Crippen molar-refractivity contribution < 1.29 is 24.4 Å². The van der Waals surface area contributed by atoms with Gasteiger partial charge >= 0.3 is 5.69 Å². The summed E-state index contributed by atoms with van der Waals surface area (Å²) in [5.74, 6) is -1.52. The number of thioether (sulfide) groups is 1. The molecular formula is C17H13N4O6S2-. The largest absolute Gasteiger partial charge is 0.550 e. The number of thiocarbonyl (C=S) groups is 1. The Morgan fingerprint density at radius 2 is 2.24 bits per heavy atom. The molecule has 1 aliphatic rings. The smallest absolute Gasteiger partial charge is 0.311 e. The average molecular weight is 433 g/mol. The monoisotopic (exact) mass is 433 g/mol. The minimum absolute atomic E-state index is 0.0362. The molecule has 0 bridgehead atoms. The van der Waals surface area contributed by atoms with Crippen molar-refractivity contribution in [2.75, 3.05) is 7.11 Å². The van der Waals surface area contributed by atoms with E-state index in [0.717, 1.165) is 11.8 Å². The molecule has 2 aromatic rings. The molecule has 1 amide bonds. The summed E-state index contributed by atoms with van der Waals surface area (Å²) in [6.45, 7) is 0.0362. The van der Waals surface area contributed by atoms with Crippen LogP contribution in [-0.4, -0.2) is 38.0 Å². The van der Waals surface area contributed by atoms with Gasteiger partial charge in [0.15, 0.2) is 5.75 Å². The van der Waals surface area contributed by atoms with Crippen LogP contribution in [0.25, 0.3) is 17.3 Å². The number of nitrogens with one attached hydrogen (secondary N) is 1. The van der Waals surface area contributed by atoms with Crippen molar-refractivity contribution in [3.63, 3.8) is 0 Å². The Bertz CT molecular complexity index is 1060. The Labute approximate surface area is 173 Å². The number of aliphatic carboxylic acids is 1. The van der Waals surface area contributed by atoms with Crippen LogP contribution >= 0.6 is 24.0 Å². The van der Waals surface area contributed by atoms with Crippen LogP contribution in [0, 0.1) is 10.1 Å². The summed E-state index contributed by atoms with van der Waals surface area (Å²) < 4.78 is 6.70. The summed E-state index contributed by atoms with van der Waals surface area (Å²) in [5, 5.41) is 28.9. The van der Waals surface area contributed by atoms with Gasteiger partial charge in [-0.05, 0) is 18.2 Å². The van der Waals surface area contributed by atoms with Crippen molar-refractivity contribution in [3.05, 3.63) is 45.0 Å². The summed E-state index contributed by atoms with van der Waals surface area (Å²) in [4.78, 5) is 33.8. The minimum Gasteiger partial charge on any atom is -0.550 e. The fraction of sp³-hybridized carbons (Fsp3) is 0.176. The molecule has 0 unspecified atom stereocenters. The molecule has 1 aromatic heterocycles. The second-order valence-electron chi connectivity index (χ2n) is 5.81. The number of rotatable bonds is 7. The van der Waals surface area contributed by atoms with Crippen molar-refractivity contribution in [3.8, 4) is 17.0 Å². The molecule has 3 rings (SSSR count). The molecule has 0 saturated carbocycles. The van der Waals surface area contributed by atoms with Crippen LogP contribution in [-0.2, 0) is 16.1 Å². The predicted molar refractivity (Wildman–Crippen MR) is 107 cm³/mol. The maximum absolute atomic E-state index is 12.0. The number of ether oxygens (including phenoxy) is 1. The molecule has 29 heavy (non-hydrogen) atoms. The molecule has 1 N–H and O–H groups in total. The van der Waals surface area contributed by atoms with E-state index in [1.165, 1.54) is 23.9 Å². The van der Waals surface area contributed by atoms with Gasteiger partial charge in [0.2, 0.25) is 0 Å². The summed E-state index contributed by atoms with van der Waals surface area (Å²) >= 11 is 6.05. The van der Waals surface area contributed by atoms with Crippen LogP contribution in [0.1, 0.15) is 12.0 Å². The molecule has 0 spiro atoms. The number of aryl methyl sites for hydroxylation is 1. The fourth-order valence-electron chi connectivity index (χ4n) is 2.63. The van der Waals surface area contributed by atoms with Crippen molar-refractivity contribution >= 4 is 51.9 Å². The van der Waals surface area contributed by atoms with Crippen LogP contribution in [0.3, 0.4) is 0 Å². The number of methoxy groups -OCH3 is 1. The number of carbonyl (C=O) groups is 2. The van der Waals surface area contributed by atoms with Gasteiger partial charge in [0, 0.05) is 42.3 Å². The van der Waals surface area contributed by atoms with Gasteiger partial charge in [0.05, 0.1) is 22.6 Å². The maximum Gasteiger partial charge on any atom is 0.311 e. The van der Waals surface area contributed by atoms with Gasteiger partial charge < -0.3 is 20.0 Å². The Morgan fingerprint density at radius 3 is 2.83 bits per heavy atom. The van der Waals surface area contributed by atoms with Crippen LogP contribution < -0.4 is 15.2 Å². The molecular weight excluding hydrogens is 420 g/mol. The first-order valence-electron chi connectivity index (χ1n) is 8.13. The third-order valence-electron chi connectivity index (χ3n) is 3.91. The van der Waals surface area contributed by atoms with Gasteiger partial charge in [0.25, 0.3) is 5.91 Å². The van der Waals surface area contributed by atoms with Gasteiger partial charge in [-0.2, -0.15) is 5.10 Å². The lowest BCUT2D eigenvalue weighted by molar-refractivity contribution is -0.385. The van der Waals surface area contributed by atoms with Gasteiger partial charge in [0.1, 0.15) is 4.32 Å². The number of carboxylic acids is 1. The molecule has 1 fully saturated rings. The highest BCUT2D eigenvalue weighted by atomic mass is 32.2. The van der Waals surface area contributed by atoms with Crippen LogP contribution in [0.2, 0.25) is 0 Å². The molecule has 150 valence electrons. The summed E-state index contributed by atoms with van der Waals surface area (Å²) in [6, 6.07) is 4.33. The van der Waals surface area contributed by atoms with Crippen LogP contribution in [0.15, 0.2) is 29.3 Å². The zero-order valence-electron chi connectivity index (χ0n) is 14.9. The lowest BCUT2D eigenvalue weighted by atomic mass is 10.1. The summed E-state index contributed by atoms with van der Waals surface area (Å²) in [7, 11) is 1.32. The SMILES string of the molecule is COc1ccc(-c2nn(CCC(=O)[O-])cc2/C=C2\SC(=S)NC2=O)cc1[N+](=O)[O-]. The molecule has 0 radical (unpaired) electrons. The second-order valence-corrected chi connectivity index (χ2v) is 7.53. The first-order chi connectivity index (χ1) is 13.8. The van der Waals surface area contributed by atoms with Crippen molar-refractivity contribution in [2.45, 2.75) is 13.0 Å². The van der Waals surface area contributed by atoms with Crippen molar-refractivity contribution in [1.29, 1.82) is 0 Å². The number of benzene rings is 1. The van der Waals surface area contributed by atoms with E-state index in [4.69, 9.17) is 17.0 Å². The lowest BCUT2D eigenvalue weighted by Gasteiger charge is -2.05. The Hall–Kier alpha value is -3.25. The zero-order valence-corrected chi connectivity index (χ0v) is 16.5. The predicted octanol–water partition coefficient (Wildman–Crippen LogP) is 1.10. The first kappa shape index (κ1) is 20.5. The summed E-state index contributed by atoms with van der Waals surface area (Å²) in [6.07, 6.45) is 2.84. The number of hydrogen-bond acceptors (Lipinski definition) is 9. The van der Waals surface area contributed by atoms with Gasteiger partial charge in [-0.1, -0.05) is 24.0 Å². The number of nitro benzene ring substituents is 1. The Kier molecular flexibility index (Phi) is 5.94. The molecule has 10 nitrogen and oxygen atoms in total. The second kappa shape index (κ2) is 8.41. The van der Waals surface area contributed by atoms with E-state index < -0.39 is 10.9 Å². The van der Waals surface area contributed by atoms with E-state index in [9.17, 15) is 24.8 Å². The molecule has 1 aromatic carbocycles. The number of nitrogens with zero attached hydrogens (tertiary/aromatic N) is 3. The Morgan fingerprint density at radius 1 is 1.48 bits per heavy atom. The van der Waals surface area contributed by atoms with E-state index in [-0.39, 0.29) is 30.3 Å². The number of carboxylic acid groups (broad SMARTS) is 1. The number of carbonyl (C=O) groups excluding carboxylic acids is 2. The lowest BCUT2D eigenvalue weighted by Crippen LogP contribution is -2.23. The quantitative estimate of drug-likeness (QED) is 0.294. The number of amides is 1. The topological polar surface area (TPSA) is 139 Å². The van der Waals surface area contributed by atoms with Crippen molar-refractivity contribution in [1.82, 2.24) is 15.1 Å². The minimum atomic E-state index is -1.24. The fourth-order valence-corrected chi connectivity index (χ4v) is 3.66. The molecule has 12 heteroatoms. The van der Waals surface area contributed by atoms with Crippen LogP contribution in [0.4, 0.5) is 5.69 Å². The maximum atomic E-state index is 12.0. The summed E-state index contributed by atoms with van der Waals surface area (Å²) in [5.41, 5.74) is 0.975. The van der Waals surface area contributed by atoms with Crippen molar-refractivity contribution in [2.24, 2.45) is 0 Å². The zero-order chi connectivity index (χ0) is 21.1. The third-order valence-corrected chi connectivity index (χ3v) is 5.08. The highest BCUT2D eigenvalue weighted by Crippen LogP contribution is 2.35. The highest BCUT2D eigenvalue weighted by molar-refractivity contribution is 8.26. The third kappa shape index (κ3) is 4.60. The van der Waals surface area contributed by atoms with E-state index >= 15 is 0 Å². The normalized spacial score (nSPS) is 14.9. The highest BCUT2D eigenvalue weighted by Gasteiger charge is 2.24. The molecule has 2 heterocycles. The van der Waals surface area contributed by atoms with Gasteiger partial charge in [-0.3, -0.25) is 19.6 Å². The first-order valence-corrected chi connectivity index (χ1v) is 9.36. The van der Waals surface area contributed by atoms with E-state index in [1.54, 1.807) is 18.3 Å². The molecule has 1 aliphatic heterocycles. The number of aromatic nitrogens is 2. The number of hydrogen-bond donors (Lipinski definition) is 1. The van der Waals surface area contributed by atoms with E-state index in [0.29, 0.717) is 26.0 Å². The number of nitro groups is 1. The standard InChI is InChI=1S/C17H14N4O6S2/c1-27-12-3-2-9(6-11(12)21(25)26)15-10(7-13-16(24)18-17(28)29-13)8-20(19-15)5-4-14(22)23/h2-3,6-8H,4-5H2,1H3,(H,22,23)(H,18,24,28)/p-1/b13-7-. The molecule has 0 atom stereocenters. The van der Waals surface area contributed by atoms with E-state index in [2.05, 4.69) is 10.4 Å². The Balaban J connectivity index is 2.09.